The van der Waals surface area contributed by atoms with Gasteiger partial charge in [-0.3, -0.25) is 9.69 Å². The third-order valence-electron chi connectivity index (χ3n) is 7.76. The molecule has 0 aromatic heterocycles. The van der Waals surface area contributed by atoms with Gasteiger partial charge in [-0.05, 0) is 49.8 Å². The summed E-state index contributed by atoms with van der Waals surface area (Å²) in [5, 5.41) is 9.64. The van der Waals surface area contributed by atoms with Crippen LogP contribution in [0.2, 0.25) is 0 Å². The van der Waals surface area contributed by atoms with E-state index in [-0.39, 0.29) is 24.2 Å². The van der Waals surface area contributed by atoms with E-state index < -0.39 is 29.8 Å². The van der Waals surface area contributed by atoms with Crippen LogP contribution in [0.15, 0.2) is 72.5 Å². The van der Waals surface area contributed by atoms with Crippen LogP contribution in [0, 0.1) is 12.8 Å². The highest BCUT2D eigenvalue weighted by molar-refractivity contribution is 5.97. The van der Waals surface area contributed by atoms with Gasteiger partial charge in [-0.25, -0.2) is 9.59 Å². The highest BCUT2D eigenvalue weighted by Crippen LogP contribution is 2.56. The van der Waals surface area contributed by atoms with Crippen LogP contribution in [-0.4, -0.2) is 46.7 Å². The minimum absolute atomic E-state index is 0.0136. The van der Waals surface area contributed by atoms with Gasteiger partial charge in [0.05, 0.1) is 11.5 Å². The summed E-state index contributed by atoms with van der Waals surface area (Å²) in [6.07, 6.45) is 0.964. The number of carbonyl (C=O) groups excluding carboxylic acids is 2. The lowest BCUT2D eigenvalue weighted by molar-refractivity contribution is -0.174. The number of aliphatic carboxylic acids is 1. The second-order valence-corrected chi connectivity index (χ2v) is 10.1. The van der Waals surface area contributed by atoms with E-state index >= 15 is 0 Å². The number of aryl methyl sites for hydroxylation is 1. The Labute approximate surface area is 223 Å². The van der Waals surface area contributed by atoms with Gasteiger partial charge < -0.3 is 24.1 Å². The van der Waals surface area contributed by atoms with Gasteiger partial charge in [0.2, 0.25) is 5.91 Å². The summed E-state index contributed by atoms with van der Waals surface area (Å²) >= 11 is 0. The SMILES string of the molecule is Cc1ccc2c(c1)Oc1cc(OC/C=C3\OC4C(C)C(=O)N4[C@H]3C(=O)O)ccc1C21OC(=O)c2ccccc21. The smallest absolute Gasteiger partial charge is 0.340 e. The molecule has 3 aromatic rings. The van der Waals surface area contributed by atoms with Crippen molar-refractivity contribution in [3.63, 3.8) is 0 Å². The summed E-state index contributed by atoms with van der Waals surface area (Å²) in [7, 11) is 0. The topological polar surface area (TPSA) is 112 Å². The molecule has 196 valence electrons. The molecule has 3 aromatic carbocycles. The van der Waals surface area contributed by atoms with Crippen LogP contribution in [0.25, 0.3) is 0 Å². The van der Waals surface area contributed by atoms with Crippen molar-refractivity contribution >= 4 is 17.8 Å². The average Bonchev–Trinajstić information content (AvgIpc) is 3.42. The molecule has 4 aliphatic rings. The van der Waals surface area contributed by atoms with Crippen LogP contribution in [0.5, 0.6) is 17.2 Å². The van der Waals surface area contributed by atoms with Crippen LogP contribution < -0.4 is 9.47 Å². The second-order valence-electron chi connectivity index (χ2n) is 10.1. The van der Waals surface area contributed by atoms with Crippen molar-refractivity contribution in [1.82, 2.24) is 4.90 Å². The van der Waals surface area contributed by atoms with Gasteiger partial charge in [-0.15, -0.1) is 0 Å². The molecule has 4 atom stereocenters. The number of carbonyl (C=O) groups is 3. The minimum Gasteiger partial charge on any atom is -0.489 e. The fourth-order valence-corrected chi connectivity index (χ4v) is 5.89. The minimum atomic E-state index is -1.16. The van der Waals surface area contributed by atoms with Gasteiger partial charge >= 0.3 is 11.9 Å². The number of carboxylic acid groups (broad SMARTS) is 1. The Bertz CT molecular complexity index is 1630. The lowest BCUT2D eigenvalue weighted by Gasteiger charge is -2.39. The number of β-lactam (4-membered cyclic amide) rings is 1. The number of amides is 1. The molecular formula is C30H23NO8. The summed E-state index contributed by atoms with van der Waals surface area (Å²) in [4.78, 5) is 38.1. The van der Waals surface area contributed by atoms with Crippen LogP contribution in [-0.2, 0) is 24.7 Å². The normalized spacial score (nSPS) is 26.6. The number of nitrogens with zero attached hydrogens (tertiary/aromatic N) is 1. The number of fused-ring (bicyclic) bond motifs is 7. The van der Waals surface area contributed by atoms with Crippen LogP contribution in [0.3, 0.4) is 0 Å². The summed E-state index contributed by atoms with van der Waals surface area (Å²) in [5.74, 6) is -0.488. The molecule has 3 unspecified atom stereocenters. The molecule has 9 nitrogen and oxygen atoms in total. The molecule has 1 N–H and O–H groups in total. The van der Waals surface area contributed by atoms with Gasteiger partial charge in [-0.2, -0.15) is 0 Å². The van der Waals surface area contributed by atoms with E-state index in [1.807, 2.05) is 49.4 Å². The molecule has 1 spiro atoms. The van der Waals surface area contributed by atoms with Gasteiger partial charge in [0.25, 0.3) is 0 Å². The maximum atomic E-state index is 13.0. The van der Waals surface area contributed by atoms with Gasteiger partial charge in [0, 0.05) is 22.8 Å². The van der Waals surface area contributed by atoms with E-state index in [1.165, 1.54) is 11.0 Å². The highest BCUT2D eigenvalue weighted by atomic mass is 16.6. The number of hydrogen-bond acceptors (Lipinski definition) is 7. The number of ether oxygens (including phenoxy) is 4. The second kappa shape index (κ2) is 8.10. The molecule has 0 bridgehead atoms. The molecule has 2 fully saturated rings. The predicted molar refractivity (Wildman–Crippen MR) is 135 cm³/mol. The van der Waals surface area contributed by atoms with E-state index in [1.54, 1.807) is 25.1 Å². The lowest BCUT2D eigenvalue weighted by Crippen LogP contribution is -2.60. The summed E-state index contributed by atoms with van der Waals surface area (Å²) in [5.41, 5.74) is 2.49. The van der Waals surface area contributed by atoms with Crippen LogP contribution in [0.1, 0.15) is 39.5 Å². The Morgan fingerprint density at radius 3 is 2.59 bits per heavy atom. The van der Waals surface area contributed by atoms with Crippen molar-refractivity contribution in [2.75, 3.05) is 6.61 Å². The van der Waals surface area contributed by atoms with E-state index in [9.17, 15) is 19.5 Å². The monoisotopic (exact) mass is 525 g/mol. The van der Waals surface area contributed by atoms with Crippen LogP contribution >= 0.6 is 0 Å². The summed E-state index contributed by atoms with van der Waals surface area (Å²) in [6, 6.07) is 17.2. The molecule has 4 heterocycles. The zero-order valence-corrected chi connectivity index (χ0v) is 21.0. The molecule has 39 heavy (non-hydrogen) atoms. The Morgan fingerprint density at radius 2 is 1.79 bits per heavy atom. The maximum absolute atomic E-state index is 13.0. The fraction of sp³-hybridized carbons (Fsp3) is 0.233. The van der Waals surface area contributed by atoms with E-state index in [0.29, 0.717) is 28.4 Å². The zero-order valence-electron chi connectivity index (χ0n) is 21.0. The number of benzene rings is 3. The number of carboxylic acids is 1. The maximum Gasteiger partial charge on any atom is 0.340 e. The number of hydrogen-bond donors (Lipinski definition) is 1. The van der Waals surface area contributed by atoms with Gasteiger partial charge in [0.15, 0.2) is 17.9 Å². The zero-order chi connectivity index (χ0) is 27.1. The van der Waals surface area contributed by atoms with Crippen molar-refractivity contribution in [1.29, 1.82) is 0 Å². The standard InChI is InChI=1S/C30H23NO8/c1-15-7-9-20-23(13-15)37-24-14-17(8-10-21(24)30(20)19-6-4-3-5-18(19)29(35)39-30)36-12-11-22-25(28(33)34)31-26(32)16(2)27(31)38-22/h3-11,13-14,16,25,27H,12H2,1-2H3,(H,33,34)/b22-11-/t16?,25-,27?,30?/m1/s1. The molecular weight excluding hydrogens is 502 g/mol. The molecule has 7 rings (SSSR count). The van der Waals surface area contributed by atoms with E-state index in [4.69, 9.17) is 18.9 Å². The van der Waals surface area contributed by atoms with Crippen molar-refractivity contribution < 1.29 is 38.4 Å². The average molecular weight is 526 g/mol. The van der Waals surface area contributed by atoms with Crippen molar-refractivity contribution in [2.45, 2.75) is 31.7 Å². The number of esters is 1. The van der Waals surface area contributed by atoms with Crippen molar-refractivity contribution in [3.05, 3.63) is 100 Å². The molecule has 0 saturated carbocycles. The molecule has 0 aliphatic carbocycles. The highest BCUT2D eigenvalue weighted by Gasteiger charge is 2.58. The lowest BCUT2D eigenvalue weighted by atomic mass is 9.77. The Hall–Kier alpha value is -4.79. The molecule has 0 radical (unpaired) electrons. The third-order valence-corrected chi connectivity index (χ3v) is 7.76. The van der Waals surface area contributed by atoms with E-state index in [0.717, 1.165) is 16.7 Å². The molecule has 4 aliphatic heterocycles. The third kappa shape index (κ3) is 3.16. The fourth-order valence-electron chi connectivity index (χ4n) is 5.89. The Kier molecular flexibility index (Phi) is 4.85. The molecule has 9 heteroatoms. The van der Waals surface area contributed by atoms with E-state index in [2.05, 4.69) is 0 Å². The Balaban J connectivity index is 1.22. The van der Waals surface area contributed by atoms with Crippen molar-refractivity contribution in [3.8, 4) is 17.2 Å². The first-order valence-electron chi connectivity index (χ1n) is 12.6. The molecule has 1 amide bonds. The van der Waals surface area contributed by atoms with Gasteiger partial charge in [0.1, 0.15) is 29.6 Å². The first-order chi connectivity index (χ1) is 18.8. The van der Waals surface area contributed by atoms with Gasteiger partial charge in [-0.1, -0.05) is 30.3 Å². The largest absolute Gasteiger partial charge is 0.489 e. The predicted octanol–water partition coefficient (Wildman–Crippen LogP) is 4.11. The van der Waals surface area contributed by atoms with Crippen molar-refractivity contribution in [2.24, 2.45) is 5.92 Å². The number of rotatable bonds is 4. The van der Waals surface area contributed by atoms with Crippen LogP contribution in [0.4, 0.5) is 0 Å². The molecule has 2 saturated heterocycles. The Morgan fingerprint density at radius 1 is 1.05 bits per heavy atom. The quantitative estimate of drug-likeness (QED) is 0.400. The summed E-state index contributed by atoms with van der Waals surface area (Å²) < 4.78 is 24.1. The first-order valence-corrected chi connectivity index (χ1v) is 12.6. The summed E-state index contributed by atoms with van der Waals surface area (Å²) in [6.45, 7) is 3.68. The first kappa shape index (κ1) is 23.3.